The van der Waals surface area contributed by atoms with Crippen LogP contribution in [0.25, 0.3) is 22.6 Å². The second-order valence-electron chi connectivity index (χ2n) is 8.53. The lowest BCUT2D eigenvalue weighted by Gasteiger charge is -2.40. The molecule has 3 aromatic rings. The highest BCUT2D eigenvalue weighted by atomic mass is 35.5. The van der Waals surface area contributed by atoms with Gasteiger partial charge in [-0.05, 0) is 49.2 Å². The summed E-state index contributed by atoms with van der Waals surface area (Å²) in [6.07, 6.45) is 2.32. The summed E-state index contributed by atoms with van der Waals surface area (Å²) in [5.41, 5.74) is 3.24. The molecule has 2 fully saturated rings. The molecule has 0 amide bonds. The SMILES string of the molecule is O=C(O)c1nc(-c2ccc(N3CCC(N4CCOCC4)CC3)cc2)[nH]c1-c1ccc(Cl)cc1. The Hall–Kier alpha value is -2.87. The van der Waals surface area contributed by atoms with Crippen LogP contribution in [0.1, 0.15) is 23.3 Å². The molecule has 0 spiro atoms. The zero-order valence-electron chi connectivity index (χ0n) is 18.3. The Balaban J connectivity index is 1.30. The van der Waals surface area contributed by atoms with Crippen LogP contribution in [0.4, 0.5) is 5.69 Å². The van der Waals surface area contributed by atoms with Gasteiger partial charge in [-0.2, -0.15) is 0 Å². The minimum absolute atomic E-state index is 0.00147. The number of H-pyrrole nitrogens is 1. The number of aromatic amines is 1. The van der Waals surface area contributed by atoms with E-state index in [0.29, 0.717) is 22.6 Å². The largest absolute Gasteiger partial charge is 0.476 e. The summed E-state index contributed by atoms with van der Waals surface area (Å²) in [6.45, 7) is 5.84. The standard InChI is InChI=1S/C25H27ClN4O3/c26-19-5-1-17(2-6-19)22-23(25(31)32)28-24(27-22)18-3-7-20(8-4-18)29-11-9-21(10-12-29)30-13-15-33-16-14-30/h1-8,21H,9-16H2,(H,27,28)(H,31,32). The van der Waals surface area contributed by atoms with Gasteiger partial charge in [0.05, 0.1) is 18.9 Å². The number of hydrogen-bond donors (Lipinski definition) is 2. The van der Waals surface area contributed by atoms with Crippen molar-refractivity contribution in [3.63, 3.8) is 0 Å². The summed E-state index contributed by atoms with van der Waals surface area (Å²) in [4.78, 5) is 24.3. The Labute approximate surface area is 198 Å². The maximum atomic E-state index is 11.8. The van der Waals surface area contributed by atoms with Crippen LogP contribution in [-0.2, 0) is 4.74 Å². The molecule has 3 heterocycles. The molecular weight excluding hydrogens is 440 g/mol. The maximum absolute atomic E-state index is 11.8. The molecule has 0 saturated carbocycles. The van der Waals surface area contributed by atoms with Crippen molar-refractivity contribution in [1.82, 2.24) is 14.9 Å². The van der Waals surface area contributed by atoms with Crippen molar-refractivity contribution < 1.29 is 14.6 Å². The molecule has 0 aliphatic carbocycles. The van der Waals surface area contributed by atoms with E-state index >= 15 is 0 Å². The molecule has 8 heteroatoms. The molecular formula is C25H27ClN4O3. The number of carbonyl (C=O) groups is 1. The first-order chi connectivity index (χ1) is 16.1. The Morgan fingerprint density at radius 3 is 2.24 bits per heavy atom. The minimum atomic E-state index is -1.07. The lowest BCUT2D eigenvalue weighted by Crippen LogP contribution is -2.49. The quantitative estimate of drug-likeness (QED) is 0.580. The van der Waals surface area contributed by atoms with E-state index in [0.717, 1.165) is 63.4 Å². The molecule has 33 heavy (non-hydrogen) atoms. The molecule has 2 aromatic carbocycles. The normalized spacial score (nSPS) is 17.9. The minimum Gasteiger partial charge on any atom is -0.476 e. The first-order valence-electron chi connectivity index (χ1n) is 11.3. The van der Waals surface area contributed by atoms with Gasteiger partial charge in [0.25, 0.3) is 0 Å². The number of piperidine rings is 1. The third-order valence-electron chi connectivity index (χ3n) is 6.57. The third kappa shape index (κ3) is 4.76. The Bertz CT molecular complexity index is 1100. The first-order valence-corrected chi connectivity index (χ1v) is 11.7. The number of rotatable bonds is 5. The summed E-state index contributed by atoms with van der Waals surface area (Å²) in [5.74, 6) is -0.530. The number of halogens is 1. The van der Waals surface area contributed by atoms with E-state index in [-0.39, 0.29) is 5.69 Å². The number of anilines is 1. The predicted molar refractivity (Wildman–Crippen MR) is 129 cm³/mol. The van der Waals surface area contributed by atoms with E-state index < -0.39 is 5.97 Å². The Kier molecular flexibility index (Phi) is 6.35. The van der Waals surface area contributed by atoms with Crippen LogP contribution in [-0.4, -0.2) is 71.4 Å². The molecule has 2 saturated heterocycles. The fourth-order valence-electron chi connectivity index (χ4n) is 4.75. The van der Waals surface area contributed by atoms with Gasteiger partial charge in [-0.1, -0.05) is 23.7 Å². The molecule has 2 aliphatic rings. The lowest BCUT2D eigenvalue weighted by atomic mass is 10.0. The van der Waals surface area contributed by atoms with Crippen molar-refractivity contribution in [2.75, 3.05) is 44.3 Å². The van der Waals surface area contributed by atoms with Gasteiger partial charge in [0.1, 0.15) is 5.82 Å². The second-order valence-corrected chi connectivity index (χ2v) is 8.97. The lowest BCUT2D eigenvalue weighted by molar-refractivity contribution is 0.0115. The summed E-state index contributed by atoms with van der Waals surface area (Å²) in [6, 6.07) is 15.9. The third-order valence-corrected chi connectivity index (χ3v) is 6.82. The first kappa shape index (κ1) is 21.9. The number of nitrogens with zero attached hydrogens (tertiary/aromatic N) is 3. The fourth-order valence-corrected chi connectivity index (χ4v) is 4.88. The van der Waals surface area contributed by atoms with Gasteiger partial charge in [-0.3, -0.25) is 4.90 Å². The average Bonchev–Trinajstić information content (AvgIpc) is 3.31. The van der Waals surface area contributed by atoms with Crippen LogP contribution < -0.4 is 4.90 Å². The number of nitrogens with one attached hydrogen (secondary N) is 1. The van der Waals surface area contributed by atoms with E-state index in [1.54, 1.807) is 24.3 Å². The average molecular weight is 467 g/mol. The van der Waals surface area contributed by atoms with E-state index in [9.17, 15) is 9.90 Å². The summed E-state index contributed by atoms with van der Waals surface area (Å²) in [7, 11) is 0. The van der Waals surface area contributed by atoms with Gasteiger partial charge in [0.15, 0.2) is 5.69 Å². The van der Waals surface area contributed by atoms with Crippen LogP contribution >= 0.6 is 11.6 Å². The Morgan fingerprint density at radius 1 is 0.970 bits per heavy atom. The highest BCUT2D eigenvalue weighted by Crippen LogP contribution is 2.29. The number of benzene rings is 2. The molecule has 1 aromatic heterocycles. The summed E-state index contributed by atoms with van der Waals surface area (Å²) < 4.78 is 5.48. The zero-order chi connectivity index (χ0) is 22.8. The molecule has 0 radical (unpaired) electrons. The highest BCUT2D eigenvalue weighted by Gasteiger charge is 2.26. The Morgan fingerprint density at radius 2 is 1.61 bits per heavy atom. The number of hydrogen-bond acceptors (Lipinski definition) is 5. The van der Waals surface area contributed by atoms with Gasteiger partial charge in [-0.25, -0.2) is 9.78 Å². The predicted octanol–water partition coefficient (Wildman–Crippen LogP) is 4.40. The van der Waals surface area contributed by atoms with E-state index in [1.165, 1.54) is 5.69 Å². The molecule has 7 nitrogen and oxygen atoms in total. The number of ether oxygens (including phenoxy) is 1. The van der Waals surface area contributed by atoms with Crippen molar-refractivity contribution >= 4 is 23.3 Å². The van der Waals surface area contributed by atoms with Crippen LogP contribution in [0.15, 0.2) is 48.5 Å². The van der Waals surface area contributed by atoms with Crippen molar-refractivity contribution in [2.24, 2.45) is 0 Å². The van der Waals surface area contributed by atoms with Crippen LogP contribution in [0.3, 0.4) is 0 Å². The van der Waals surface area contributed by atoms with E-state index in [2.05, 4.69) is 31.9 Å². The van der Waals surface area contributed by atoms with E-state index in [1.807, 2.05) is 12.1 Å². The molecule has 0 atom stereocenters. The van der Waals surface area contributed by atoms with Crippen molar-refractivity contribution in [3.05, 3.63) is 59.2 Å². The summed E-state index contributed by atoms with van der Waals surface area (Å²) >= 11 is 5.98. The number of aromatic nitrogens is 2. The monoisotopic (exact) mass is 466 g/mol. The molecule has 5 rings (SSSR count). The smallest absolute Gasteiger partial charge is 0.356 e. The fraction of sp³-hybridized carbons (Fsp3) is 0.360. The van der Waals surface area contributed by atoms with Gasteiger partial charge >= 0.3 is 5.97 Å². The van der Waals surface area contributed by atoms with E-state index in [4.69, 9.17) is 16.3 Å². The highest BCUT2D eigenvalue weighted by molar-refractivity contribution is 6.30. The molecule has 0 bridgehead atoms. The molecule has 0 unspecified atom stereocenters. The molecule has 2 N–H and O–H groups in total. The number of carboxylic acid groups (broad SMARTS) is 1. The van der Waals surface area contributed by atoms with Gasteiger partial charge in [0.2, 0.25) is 0 Å². The number of aromatic carboxylic acids is 1. The van der Waals surface area contributed by atoms with Crippen LogP contribution in [0.5, 0.6) is 0 Å². The van der Waals surface area contributed by atoms with Crippen molar-refractivity contribution in [3.8, 4) is 22.6 Å². The number of morpholine rings is 1. The van der Waals surface area contributed by atoms with Gasteiger partial charge in [-0.15, -0.1) is 0 Å². The second kappa shape index (κ2) is 9.55. The van der Waals surface area contributed by atoms with Gasteiger partial charge < -0.3 is 19.7 Å². The van der Waals surface area contributed by atoms with Crippen LogP contribution in [0.2, 0.25) is 5.02 Å². The van der Waals surface area contributed by atoms with Crippen molar-refractivity contribution in [1.29, 1.82) is 0 Å². The molecule has 2 aliphatic heterocycles. The zero-order valence-corrected chi connectivity index (χ0v) is 19.1. The topological polar surface area (TPSA) is 81.7 Å². The number of imidazole rings is 1. The molecule has 172 valence electrons. The summed E-state index contributed by atoms with van der Waals surface area (Å²) in [5, 5.41) is 10.2. The van der Waals surface area contributed by atoms with Crippen molar-refractivity contribution in [2.45, 2.75) is 18.9 Å². The maximum Gasteiger partial charge on any atom is 0.356 e. The van der Waals surface area contributed by atoms with Crippen LogP contribution in [0, 0.1) is 0 Å². The number of carboxylic acids is 1. The van der Waals surface area contributed by atoms with Gasteiger partial charge in [0, 0.05) is 54.1 Å².